The minimum atomic E-state index is 0.104. The summed E-state index contributed by atoms with van der Waals surface area (Å²) in [5.74, 6) is 0.210. The maximum atomic E-state index is 12.8. The number of pyridine rings is 1. The molecule has 1 atom stereocenters. The average Bonchev–Trinajstić information content (AvgIpc) is 2.83. The number of aromatic amines is 1. The molecule has 1 aromatic carbocycles. The lowest BCUT2D eigenvalue weighted by molar-refractivity contribution is -0.133. The SMILES string of the molecule is CC[C@@H]1CN(Cc2[nH]cc(C)c(=O)c2C)CCC(=O)N1Cc1ccccc1. The third-order valence-electron chi connectivity index (χ3n) is 5.53. The van der Waals surface area contributed by atoms with Gasteiger partial charge in [-0.2, -0.15) is 0 Å². The Morgan fingerprint density at radius 2 is 1.85 bits per heavy atom. The second-order valence-corrected chi connectivity index (χ2v) is 7.46. The van der Waals surface area contributed by atoms with Gasteiger partial charge in [0.1, 0.15) is 0 Å². The van der Waals surface area contributed by atoms with Gasteiger partial charge >= 0.3 is 0 Å². The zero-order valence-electron chi connectivity index (χ0n) is 16.5. The van der Waals surface area contributed by atoms with Crippen LogP contribution in [0.4, 0.5) is 0 Å². The number of nitrogens with one attached hydrogen (secondary N) is 1. The van der Waals surface area contributed by atoms with Crippen molar-refractivity contribution >= 4 is 5.91 Å². The van der Waals surface area contributed by atoms with E-state index in [1.165, 1.54) is 0 Å². The predicted octanol–water partition coefficient (Wildman–Crippen LogP) is 3.00. The zero-order valence-corrected chi connectivity index (χ0v) is 16.5. The summed E-state index contributed by atoms with van der Waals surface area (Å²) in [6, 6.07) is 10.4. The lowest BCUT2D eigenvalue weighted by atomic mass is 10.1. The van der Waals surface area contributed by atoms with Crippen LogP contribution in [-0.4, -0.2) is 39.8 Å². The van der Waals surface area contributed by atoms with Crippen LogP contribution < -0.4 is 5.43 Å². The van der Waals surface area contributed by atoms with E-state index in [2.05, 4.69) is 28.9 Å². The second kappa shape index (κ2) is 8.53. The summed E-state index contributed by atoms with van der Waals surface area (Å²) >= 11 is 0. The number of rotatable bonds is 5. The summed E-state index contributed by atoms with van der Waals surface area (Å²) in [7, 11) is 0. The Morgan fingerprint density at radius 3 is 2.56 bits per heavy atom. The van der Waals surface area contributed by atoms with Crippen LogP contribution in [0.25, 0.3) is 0 Å². The number of carbonyl (C=O) groups excluding carboxylic acids is 1. The number of hydrogen-bond acceptors (Lipinski definition) is 3. The molecule has 1 N–H and O–H groups in total. The van der Waals surface area contributed by atoms with E-state index in [9.17, 15) is 9.59 Å². The Morgan fingerprint density at radius 1 is 1.11 bits per heavy atom. The molecule has 0 unspecified atom stereocenters. The van der Waals surface area contributed by atoms with Gasteiger partial charge in [0.2, 0.25) is 5.91 Å². The van der Waals surface area contributed by atoms with Crippen LogP contribution >= 0.6 is 0 Å². The average molecular weight is 367 g/mol. The Labute approximate surface area is 161 Å². The third-order valence-corrected chi connectivity index (χ3v) is 5.53. The first kappa shape index (κ1) is 19.4. The van der Waals surface area contributed by atoms with Crippen LogP contribution in [0.5, 0.6) is 0 Å². The Bertz CT molecular complexity index is 844. The molecule has 1 fully saturated rings. The molecule has 5 heteroatoms. The quantitative estimate of drug-likeness (QED) is 0.884. The molecule has 1 saturated heterocycles. The molecular weight excluding hydrogens is 338 g/mol. The molecule has 2 heterocycles. The van der Waals surface area contributed by atoms with Crippen molar-refractivity contribution in [3.8, 4) is 0 Å². The number of hydrogen-bond donors (Lipinski definition) is 1. The molecule has 27 heavy (non-hydrogen) atoms. The molecule has 144 valence electrons. The van der Waals surface area contributed by atoms with Gasteiger partial charge < -0.3 is 9.88 Å². The number of H-pyrrole nitrogens is 1. The first-order valence-corrected chi connectivity index (χ1v) is 9.73. The number of nitrogens with zero attached hydrogens (tertiary/aromatic N) is 2. The highest BCUT2D eigenvalue weighted by atomic mass is 16.2. The van der Waals surface area contributed by atoms with Gasteiger partial charge in [0.05, 0.1) is 0 Å². The van der Waals surface area contributed by atoms with Gasteiger partial charge in [0.15, 0.2) is 5.43 Å². The molecular formula is C22H29N3O2. The summed E-state index contributed by atoms with van der Waals surface area (Å²) in [6.45, 7) is 8.72. The van der Waals surface area contributed by atoms with Gasteiger partial charge in [-0.1, -0.05) is 37.3 Å². The van der Waals surface area contributed by atoms with Crippen molar-refractivity contribution < 1.29 is 4.79 Å². The summed E-state index contributed by atoms with van der Waals surface area (Å²) in [6.07, 6.45) is 3.21. The molecule has 0 aliphatic carbocycles. The van der Waals surface area contributed by atoms with Gasteiger partial charge in [-0.3, -0.25) is 14.5 Å². The second-order valence-electron chi connectivity index (χ2n) is 7.46. The smallest absolute Gasteiger partial charge is 0.224 e. The lowest BCUT2D eigenvalue weighted by Gasteiger charge is -2.31. The van der Waals surface area contributed by atoms with E-state index in [0.717, 1.165) is 41.9 Å². The van der Waals surface area contributed by atoms with E-state index < -0.39 is 0 Å². The monoisotopic (exact) mass is 367 g/mol. The number of amides is 1. The van der Waals surface area contributed by atoms with Gasteiger partial charge in [0, 0.05) is 61.7 Å². The highest BCUT2D eigenvalue weighted by Gasteiger charge is 2.29. The van der Waals surface area contributed by atoms with Crippen LogP contribution in [-0.2, 0) is 17.9 Å². The first-order valence-electron chi connectivity index (χ1n) is 9.73. The van der Waals surface area contributed by atoms with Crippen molar-refractivity contribution in [2.24, 2.45) is 0 Å². The highest BCUT2D eigenvalue weighted by Crippen LogP contribution is 2.19. The number of benzene rings is 1. The number of aryl methyl sites for hydroxylation is 1. The van der Waals surface area contributed by atoms with E-state index in [-0.39, 0.29) is 17.4 Å². The fourth-order valence-corrected chi connectivity index (χ4v) is 3.77. The molecule has 2 aromatic rings. The molecule has 5 nitrogen and oxygen atoms in total. The molecule has 3 rings (SSSR count). The van der Waals surface area contributed by atoms with Gasteiger partial charge in [-0.05, 0) is 25.8 Å². The molecule has 1 amide bonds. The molecule has 1 aliphatic rings. The molecule has 1 aromatic heterocycles. The number of carbonyl (C=O) groups is 1. The van der Waals surface area contributed by atoms with Crippen molar-refractivity contribution in [2.75, 3.05) is 13.1 Å². The summed E-state index contributed by atoms with van der Waals surface area (Å²) < 4.78 is 0. The highest BCUT2D eigenvalue weighted by molar-refractivity contribution is 5.77. The zero-order chi connectivity index (χ0) is 19.4. The largest absolute Gasteiger partial charge is 0.363 e. The maximum absolute atomic E-state index is 12.8. The number of aromatic nitrogens is 1. The molecule has 0 bridgehead atoms. The van der Waals surface area contributed by atoms with Crippen LogP contribution in [0.1, 0.15) is 42.1 Å². The minimum absolute atomic E-state index is 0.104. The minimum Gasteiger partial charge on any atom is -0.363 e. The van der Waals surface area contributed by atoms with E-state index in [0.29, 0.717) is 19.5 Å². The topological polar surface area (TPSA) is 56.4 Å². The molecule has 0 spiro atoms. The fraction of sp³-hybridized carbons (Fsp3) is 0.455. The van der Waals surface area contributed by atoms with Gasteiger partial charge in [-0.15, -0.1) is 0 Å². The van der Waals surface area contributed by atoms with Crippen LogP contribution in [0, 0.1) is 13.8 Å². The van der Waals surface area contributed by atoms with Gasteiger partial charge in [-0.25, -0.2) is 0 Å². The van der Waals surface area contributed by atoms with Crippen molar-refractivity contribution in [3.63, 3.8) is 0 Å². The van der Waals surface area contributed by atoms with Crippen molar-refractivity contribution in [1.82, 2.24) is 14.8 Å². The van der Waals surface area contributed by atoms with Gasteiger partial charge in [0.25, 0.3) is 0 Å². The van der Waals surface area contributed by atoms with E-state index in [4.69, 9.17) is 0 Å². The lowest BCUT2D eigenvalue weighted by Crippen LogP contribution is -2.42. The van der Waals surface area contributed by atoms with Crippen LogP contribution in [0.3, 0.4) is 0 Å². The predicted molar refractivity (Wildman–Crippen MR) is 108 cm³/mol. The van der Waals surface area contributed by atoms with E-state index in [1.54, 1.807) is 6.20 Å². The normalized spacial score (nSPS) is 18.6. The summed E-state index contributed by atoms with van der Waals surface area (Å²) in [4.78, 5) is 32.6. The maximum Gasteiger partial charge on any atom is 0.224 e. The Balaban J connectivity index is 1.76. The first-order chi connectivity index (χ1) is 13.0. The van der Waals surface area contributed by atoms with Crippen molar-refractivity contribution in [2.45, 2.75) is 52.7 Å². The van der Waals surface area contributed by atoms with Crippen LogP contribution in [0.2, 0.25) is 0 Å². The Hall–Kier alpha value is -2.40. The van der Waals surface area contributed by atoms with E-state index >= 15 is 0 Å². The van der Waals surface area contributed by atoms with Crippen molar-refractivity contribution in [1.29, 1.82) is 0 Å². The third kappa shape index (κ3) is 4.48. The Kier molecular flexibility index (Phi) is 6.11. The molecule has 0 radical (unpaired) electrons. The summed E-state index contributed by atoms with van der Waals surface area (Å²) in [5.41, 5.74) is 3.73. The summed E-state index contributed by atoms with van der Waals surface area (Å²) in [5, 5.41) is 0. The fourth-order valence-electron chi connectivity index (χ4n) is 3.77. The standard InChI is InChI=1S/C22H29N3O2/c1-4-19-14-24(15-20-17(3)22(27)16(2)12-23-20)11-10-21(26)25(19)13-18-8-6-5-7-9-18/h5-9,12,19H,4,10-11,13-15H2,1-3H3,(H,23,27)/t19-/m1/s1. The van der Waals surface area contributed by atoms with E-state index in [1.807, 2.05) is 36.9 Å². The van der Waals surface area contributed by atoms with Crippen molar-refractivity contribution in [3.05, 3.63) is 69.1 Å². The molecule has 0 saturated carbocycles. The van der Waals surface area contributed by atoms with Crippen LogP contribution in [0.15, 0.2) is 41.3 Å². The molecule has 1 aliphatic heterocycles.